The van der Waals surface area contributed by atoms with Gasteiger partial charge < -0.3 is 16.2 Å². The molecule has 4 N–H and O–H groups in total. The van der Waals surface area contributed by atoms with Crippen LogP contribution in [0.5, 0.6) is 0 Å². The lowest BCUT2D eigenvalue weighted by Crippen LogP contribution is -2.32. The zero-order valence-corrected chi connectivity index (χ0v) is 14.3. The van der Waals surface area contributed by atoms with Crippen molar-refractivity contribution in [1.29, 1.82) is 0 Å². The second-order valence-electron chi connectivity index (χ2n) is 5.45. The summed E-state index contributed by atoms with van der Waals surface area (Å²) in [6, 6.07) is 8.95. The molecule has 6 heteroatoms. The normalized spacial score (nSPS) is 13.2. The Hall–Kier alpha value is -1.45. The molecule has 0 fully saturated rings. The molecule has 0 saturated carbocycles. The molecule has 22 heavy (non-hydrogen) atoms. The fourth-order valence-corrected chi connectivity index (χ4v) is 2.61. The van der Waals surface area contributed by atoms with Crippen molar-refractivity contribution in [2.45, 2.75) is 25.5 Å². The molecule has 0 aliphatic carbocycles. The number of hydrogen-bond donors (Lipinski definition) is 2. The van der Waals surface area contributed by atoms with Crippen LogP contribution < -0.4 is 11.5 Å². The second-order valence-corrected chi connectivity index (χ2v) is 7.93. The maximum Gasteiger partial charge on any atom is 0.323 e. The number of carbonyl (C=O) groups excluding carboxylic acids is 1. The number of hydrogen-bond acceptors (Lipinski definition) is 4. The van der Waals surface area contributed by atoms with Crippen LogP contribution in [0.2, 0.25) is 0 Å². The number of benzene rings is 1. The van der Waals surface area contributed by atoms with Gasteiger partial charge in [0.15, 0.2) is 0 Å². The Kier molecular flexibility index (Phi) is 8.71. The van der Waals surface area contributed by atoms with Gasteiger partial charge in [-0.05, 0) is 31.7 Å². The summed E-state index contributed by atoms with van der Waals surface area (Å²) in [4.78, 5) is 16.1. The van der Waals surface area contributed by atoms with E-state index < -0.39 is 6.04 Å². The third-order valence-electron chi connectivity index (χ3n) is 2.99. The number of esters is 1. The van der Waals surface area contributed by atoms with Crippen LogP contribution in [-0.4, -0.2) is 43.9 Å². The largest absolute Gasteiger partial charge is 0.460 e. The highest BCUT2D eigenvalue weighted by Gasteiger charge is 2.14. The van der Waals surface area contributed by atoms with Gasteiger partial charge in [-0.1, -0.05) is 30.3 Å². The van der Waals surface area contributed by atoms with Crippen molar-refractivity contribution in [3.63, 3.8) is 0 Å². The Morgan fingerprint density at radius 1 is 1.32 bits per heavy atom. The Labute approximate surface area is 133 Å². The van der Waals surface area contributed by atoms with Crippen molar-refractivity contribution in [1.82, 2.24) is 0 Å². The van der Waals surface area contributed by atoms with E-state index in [0.29, 0.717) is 18.8 Å². The maximum atomic E-state index is 11.8. The lowest BCUT2D eigenvalue weighted by Gasteiger charge is -2.11. The number of carbonyl (C=O) groups is 1. The highest BCUT2D eigenvalue weighted by molar-refractivity contribution is 7.57. The monoisotopic (exact) mass is 323 g/mol. The first-order valence-corrected chi connectivity index (χ1v) is 9.81. The molecule has 5 nitrogen and oxygen atoms in total. The van der Waals surface area contributed by atoms with E-state index >= 15 is 0 Å². The predicted molar refractivity (Wildman–Crippen MR) is 93.6 cm³/mol. The summed E-state index contributed by atoms with van der Waals surface area (Å²) in [6.45, 7) is 5.19. The van der Waals surface area contributed by atoms with Crippen LogP contribution in [0.1, 0.15) is 18.4 Å². The molecular weight excluding hydrogens is 297 g/mol. The molecule has 0 aliphatic heterocycles. The van der Waals surface area contributed by atoms with Crippen molar-refractivity contribution < 1.29 is 9.53 Å². The first kappa shape index (κ1) is 18.6. The van der Waals surface area contributed by atoms with E-state index in [4.69, 9.17) is 16.2 Å². The van der Waals surface area contributed by atoms with Gasteiger partial charge in [-0.2, -0.15) is 0 Å². The Morgan fingerprint density at radius 3 is 2.64 bits per heavy atom. The molecule has 0 saturated heterocycles. The van der Waals surface area contributed by atoms with Crippen LogP contribution in [0.4, 0.5) is 0 Å². The number of aliphatic imine (C=N–C) groups is 1. The van der Waals surface area contributed by atoms with Crippen molar-refractivity contribution in [3.05, 3.63) is 35.9 Å². The van der Waals surface area contributed by atoms with Gasteiger partial charge in [-0.15, -0.1) is 7.92 Å². The van der Waals surface area contributed by atoms with Gasteiger partial charge in [-0.25, -0.2) is 0 Å². The zero-order chi connectivity index (χ0) is 16.4. The molecule has 0 aromatic heterocycles. The van der Waals surface area contributed by atoms with E-state index in [9.17, 15) is 4.79 Å². The Bertz CT molecular complexity index is 478. The highest BCUT2D eigenvalue weighted by Crippen LogP contribution is 2.22. The number of nitrogens with two attached hydrogens (primary N) is 2. The molecule has 0 heterocycles. The van der Waals surface area contributed by atoms with Crippen molar-refractivity contribution in [2.75, 3.05) is 26.0 Å². The summed E-state index contributed by atoms with van der Waals surface area (Å²) in [5.74, 6) is 0.322. The van der Waals surface area contributed by atoms with Gasteiger partial charge in [0, 0.05) is 12.7 Å². The zero-order valence-electron chi connectivity index (χ0n) is 13.4. The molecule has 122 valence electrons. The molecular formula is C16H26N3O2P. The summed E-state index contributed by atoms with van der Waals surface area (Å²) in [5.41, 5.74) is 12.6. The number of ether oxygens (including phenoxy) is 1. The van der Waals surface area contributed by atoms with Gasteiger partial charge in [0.2, 0.25) is 0 Å². The lowest BCUT2D eigenvalue weighted by molar-refractivity contribution is -0.146. The summed E-state index contributed by atoms with van der Waals surface area (Å²) in [6.07, 6.45) is 2.14. The topological polar surface area (TPSA) is 90.7 Å². The Balaban J connectivity index is 2.21. The van der Waals surface area contributed by atoms with Crippen molar-refractivity contribution in [2.24, 2.45) is 16.5 Å². The standard InChI is InChI=1S/C16H26N3O2P/c1-22(2)12-15(18)19-10-6-9-14(17)16(20)21-11-13-7-4-3-5-8-13/h3-5,7-8,14H,6,9-12,17H2,1-2H3,(H2,18,19)/t14-/m1/s1. The summed E-state index contributed by atoms with van der Waals surface area (Å²) in [7, 11) is -0.0652. The lowest BCUT2D eigenvalue weighted by atomic mass is 10.1. The quantitative estimate of drug-likeness (QED) is 0.239. The smallest absolute Gasteiger partial charge is 0.323 e. The second kappa shape index (κ2) is 10.3. The van der Waals surface area contributed by atoms with E-state index in [-0.39, 0.29) is 20.5 Å². The molecule has 0 amide bonds. The number of amidine groups is 1. The first-order chi connectivity index (χ1) is 10.5. The number of nitrogens with zero attached hydrogens (tertiary/aromatic N) is 1. The van der Waals surface area contributed by atoms with Crippen LogP contribution in [0, 0.1) is 0 Å². The van der Waals surface area contributed by atoms with E-state index in [0.717, 1.165) is 18.1 Å². The fraction of sp³-hybridized carbons (Fsp3) is 0.500. The SMILES string of the molecule is CP(C)CC(N)=NCCC[C@@H](N)C(=O)OCc1ccccc1. The average Bonchev–Trinajstić information content (AvgIpc) is 2.49. The Morgan fingerprint density at radius 2 is 2.00 bits per heavy atom. The van der Waals surface area contributed by atoms with E-state index in [1.807, 2.05) is 30.3 Å². The van der Waals surface area contributed by atoms with Gasteiger partial charge in [0.1, 0.15) is 12.6 Å². The number of rotatable bonds is 9. The highest BCUT2D eigenvalue weighted by atomic mass is 31.1. The molecule has 0 radical (unpaired) electrons. The molecule has 0 unspecified atom stereocenters. The average molecular weight is 323 g/mol. The van der Waals surface area contributed by atoms with Gasteiger partial charge in [0.05, 0.1) is 5.84 Å². The molecule has 1 aromatic rings. The third kappa shape index (κ3) is 8.11. The van der Waals surface area contributed by atoms with Gasteiger partial charge in [0.25, 0.3) is 0 Å². The van der Waals surface area contributed by atoms with Crippen molar-refractivity contribution in [3.8, 4) is 0 Å². The molecule has 0 bridgehead atoms. The fourth-order valence-electron chi connectivity index (χ4n) is 1.86. The van der Waals surface area contributed by atoms with Gasteiger partial charge in [-0.3, -0.25) is 9.79 Å². The third-order valence-corrected chi connectivity index (χ3v) is 3.95. The minimum atomic E-state index is -0.602. The first-order valence-electron chi connectivity index (χ1n) is 7.38. The minimum absolute atomic E-state index is 0.0652. The van der Waals surface area contributed by atoms with Crippen molar-refractivity contribution >= 4 is 19.7 Å². The van der Waals surface area contributed by atoms with Crippen LogP contribution in [0.3, 0.4) is 0 Å². The van der Waals surface area contributed by atoms with Gasteiger partial charge >= 0.3 is 5.97 Å². The molecule has 1 rings (SSSR count). The van der Waals surface area contributed by atoms with Crippen LogP contribution in [0.15, 0.2) is 35.3 Å². The van der Waals surface area contributed by atoms with Crippen LogP contribution in [-0.2, 0) is 16.1 Å². The van der Waals surface area contributed by atoms with E-state index in [2.05, 4.69) is 18.3 Å². The predicted octanol–water partition coefficient (Wildman–Crippen LogP) is 1.94. The molecule has 1 aromatic carbocycles. The summed E-state index contributed by atoms with van der Waals surface area (Å²) in [5, 5.41) is 0. The molecule has 1 atom stereocenters. The molecule has 0 aliphatic rings. The van der Waals surface area contributed by atoms with Crippen LogP contribution in [0.25, 0.3) is 0 Å². The summed E-state index contributed by atoms with van der Waals surface area (Å²) >= 11 is 0. The minimum Gasteiger partial charge on any atom is -0.460 e. The summed E-state index contributed by atoms with van der Waals surface area (Å²) < 4.78 is 5.20. The van der Waals surface area contributed by atoms with Crippen LogP contribution >= 0.6 is 7.92 Å². The van der Waals surface area contributed by atoms with E-state index in [1.165, 1.54) is 0 Å². The maximum absolute atomic E-state index is 11.8. The van der Waals surface area contributed by atoms with E-state index in [1.54, 1.807) is 0 Å². The molecule has 0 spiro atoms.